The molecule has 2 aromatic rings. The van der Waals surface area contributed by atoms with Crippen molar-refractivity contribution in [2.75, 3.05) is 7.11 Å². The van der Waals surface area contributed by atoms with Gasteiger partial charge in [-0.25, -0.2) is 0 Å². The van der Waals surface area contributed by atoms with E-state index < -0.39 is 5.60 Å². The Morgan fingerprint density at radius 3 is 2.26 bits per heavy atom. The van der Waals surface area contributed by atoms with Crippen LogP contribution in [0.4, 0.5) is 0 Å². The van der Waals surface area contributed by atoms with Gasteiger partial charge in [-0.15, -0.1) is 0 Å². The summed E-state index contributed by atoms with van der Waals surface area (Å²) in [5.74, 6) is 0.702. The van der Waals surface area contributed by atoms with E-state index in [0.717, 1.165) is 16.7 Å². The summed E-state index contributed by atoms with van der Waals surface area (Å²) < 4.78 is 5.36. The number of hydrogen-bond donors (Lipinski definition) is 1. The maximum Gasteiger partial charge on any atom is 0.125 e. The minimum atomic E-state index is -1.07. The Kier molecular flexibility index (Phi) is 3.63. The van der Waals surface area contributed by atoms with Crippen LogP contribution in [0.15, 0.2) is 42.5 Å². The minimum absolute atomic E-state index is 0.702. The molecule has 2 nitrogen and oxygen atoms in total. The van der Waals surface area contributed by atoms with Crippen LogP contribution in [-0.2, 0) is 5.60 Å². The normalized spacial score (nSPS) is 13.9. The Morgan fingerprint density at radius 2 is 1.58 bits per heavy atom. The fraction of sp³-hybridized carbons (Fsp3) is 0.294. The SMILES string of the molecule is COc1ccccc1C(C)(O)c1cccc(C)c1C. The van der Waals surface area contributed by atoms with Gasteiger partial charge in [0.25, 0.3) is 0 Å². The van der Waals surface area contributed by atoms with Gasteiger partial charge in [0.1, 0.15) is 11.4 Å². The summed E-state index contributed by atoms with van der Waals surface area (Å²) in [5, 5.41) is 11.0. The molecule has 2 rings (SSSR count). The van der Waals surface area contributed by atoms with Crippen molar-refractivity contribution < 1.29 is 9.84 Å². The predicted molar refractivity (Wildman–Crippen MR) is 77.6 cm³/mol. The smallest absolute Gasteiger partial charge is 0.125 e. The van der Waals surface area contributed by atoms with Crippen LogP contribution >= 0.6 is 0 Å². The molecule has 1 atom stereocenters. The zero-order valence-corrected chi connectivity index (χ0v) is 11.9. The average Bonchev–Trinajstić information content (AvgIpc) is 2.41. The Morgan fingerprint density at radius 1 is 0.947 bits per heavy atom. The second kappa shape index (κ2) is 5.06. The predicted octanol–water partition coefficient (Wildman–Crippen LogP) is 3.57. The number of aliphatic hydroxyl groups is 1. The van der Waals surface area contributed by atoms with Crippen LogP contribution in [0.2, 0.25) is 0 Å². The lowest BCUT2D eigenvalue weighted by Crippen LogP contribution is -2.25. The fourth-order valence-electron chi connectivity index (χ4n) is 2.47. The molecule has 0 amide bonds. The molecule has 0 aliphatic heterocycles. The highest BCUT2D eigenvalue weighted by Crippen LogP contribution is 2.37. The van der Waals surface area contributed by atoms with Crippen LogP contribution in [0.1, 0.15) is 29.2 Å². The van der Waals surface area contributed by atoms with Crippen molar-refractivity contribution in [3.05, 3.63) is 64.7 Å². The van der Waals surface area contributed by atoms with Crippen molar-refractivity contribution in [3.63, 3.8) is 0 Å². The van der Waals surface area contributed by atoms with Gasteiger partial charge in [0.2, 0.25) is 0 Å². The summed E-state index contributed by atoms with van der Waals surface area (Å²) >= 11 is 0. The summed E-state index contributed by atoms with van der Waals surface area (Å²) in [4.78, 5) is 0. The molecule has 2 aromatic carbocycles. The van der Waals surface area contributed by atoms with Crippen LogP contribution in [0.3, 0.4) is 0 Å². The molecule has 2 heteroatoms. The van der Waals surface area contributed by atoms with Gasteiger partial charge in [-0.1, -0.05) is 36.4 Å². The number of aryl methyl sites for hydroxylation is 1. The quantitative estimate of drug-likeness (QED) is 0.909. The van der Waals surface area contributed by atoms with Crippen LogP contribution in [0.5, 0.6) is 5.75 Å². The lowest BCUT2D eigenvalue weighted by atomic mass is 9.84. The Bertz CT molecular complexity index is 586. The summed E-state index contributed by atoms with van der Waals surface area (Å²) in [5.41, 5.74) is 2.91. The summed E-state index contributed by atoms with van der Waals surface area (Å²) in [6, 6.07) is 13.6. The molecule has 0 aromatic heterocycles. The molecule has 0 fully saturated rings. The summed E-state index contributed by atoms with van der Waals surface area (Å²) in [6.07, 6.45) is 0. The van der Waals surface area contributed by atoms with Crippen LogP contribution in [0, 0.1) is 13.8 Å². The first-order valence-corrected chi connectivity index (χ1v) is 6.41. The average molecular weight is 256 g/mol. The van der Waals surface area contributed by atoms with Crippen molar-refractivity contribution in [1.29, 1.82) is 0 Å². The van der Waals surface area contributed by atoms with E-state index in [0.29, 0.717) is 5.75 Å². The maximum atomic E-state index is 11.0. The van der Waals surface area contributed by atoms with Crippen LogP contribution < -0.4 is 4.74 Å². The van der Waals surface area contributed by atoms with E-state index in [1.54, 1.807) is 7.11 Å². The first kappa shape index (κ1) is 13.6. The molecule has 100 valence electrons. The Hall–Kier alpha value is -1.80. The van der Waals surface area contributed by atoms with Gasteiger partial charge in [-0.05, 0) is 43.5 Å². The molecular formula is C17H20O2. The van der Waals surface area contributed by atoms with E-state index in [2.05, 4.69) is 13.0 Å². The number of para-hydroxylation sites is 1. The van der Waals surface area contributed by atoms with Gasteiger partial charge >= 0.3 is 0 Å². The lowest BCUT2D eigenvalue weighted by molar-refractivity contribution is 0.0982. The van der Waals surface area contributed by atoms with Gasteiger partial charge in [-0.2, -0.15) is 0 Å². The van der Waals surface area contributed by atoms with E-state index >= 15 is 0 Å². The highest BCUT2D eigenvalue weighted by molar-refractivity contribution is 5.47. The monoisotopic (exact) mass is 256 g/mol. The zero-order valence-electron chi connectivity index (χ0n) is 11.9. The summed E-state index contributed by atoms with van der Waals surface area (Å²) in [6.45, 7) is 5.90. The second-order valence-corrected chi connectivity index (χ2v) is 5.02. The Balaban J connectivity index is 2.62. The molecule has 0 saturated heterocycles. The van der Waals surface area contributed by atoms with Crippen molar-refractivity contribution in [2.45, 2.75) is 26.4 Å². The van der Waals surface area contributed by atoms with Crippen molar-refractivity contribution >= 4 is 0 Å². The molecule has 0 aliphatic carbocycles. The molecule has 0 heterocycles. The highest BCUT2D eigenvalue weighted by Gasteiger charge is 2.30. The second-order valence-electron chi connectivity index (χ2n) is 5.02. The third kappa shape index (κ3) is 2.36. The van der Waals surface area contributed by atoms with Crippen molar-refractivity contribution in [3.8, 4) is 5.75 Å². The van der Waals surface area contributed by atoms with Crippen LogP contribution in [0.25, 0.3) is 0 Å². The molecule has 0 aliphatic rings. The van der Waals surface area contributed by atoms with E-state index in [-0.39, 0.29) is 0 Å². The first-order valence-electron chi connectivity index (χ1n) is 6.41. The number of hydrogen-bond acceptors (Lipinski definition) is 2. The van der Waals surface area contributed by atoms with Crippen molar-refractivity contribution in [1.82, 2.24) is 0 Å². The van der Waals surface area contributed by atoms with Gasteiger partial charge in [0, 0.05) is 5.56 Å². The van der Waals surface area contributed by atoms with Gasteiger partial charge < -0.3 is 9.84 Å². The van der Waals surface area contributed by atoms with Crippen molar-refractivity contribution in [2.24, 2.45) is 0 Å². The van der Waals surface area contributed by atoms with Crippen LogP contribution in [-0.4, -0.2) is 12.2 Å². The van der Waals surface area contributed by atoms with Gasteiger partial charge in [-0.3, -0.25) is 0 Å². The number of benzene rings is 2. The molecule has 1 N–H and O–H groups in total. The molecule has 0 spiro atoms. The number of methoxy groups -OCH3 is 1. The minimum Gasteiger partial charge on any atom is -0.496 e. The summed E-state index contributed by atoms with van der Waals surface area (Å²) in [7, 11) is 1.62. The standard InChI is InChI=1S/C17H20O2/c1-12-8-7-10-14(13(12)2)17(3,18)15-9-5-6-11-16(15)19-4/h5-11,18H,1-4H3. The zero-order chi connectivity index (χ0) is 14.0. The van der Waals surface area contributed by atoms with E-state index in [1.165, 1.54) is 5.56 Å². The van der Waals surface area contributed by atoms with E-state index in [9.17, 15) is 5.11 Å². The van der Waals surface area contributed by atoms with Gasteiger partial charge in [0.05, 0.1) is 7.11 Å². The maximum absolute atomic E-state index is 11.0. The van der Waals surface area contributed by atoms with Gasteiger partial charge in [0.15, 0.2) is 0 Å². The molecule has 0 bridgehead atoms. The first-order chi connectivity index (χ1) is 8.98. The third-order valence-corrected chi connectivity index (χ3v) is 3.76. The third-order valence-electron chi connectivity index (χ3n) is 3.76. The number of ether oxygens (including phenoxy) is 1. The Labute approximate surface area is 114 Å². The molecule has 0 radical (unpaired) electrons. The molecule has 0 saturated carbocycles. The van der Waals surface area contributed by atoms with E-state index in [1.807, 2.05) is 50.2 Å². The highest BCUT2D eigenvalue weighted by atomic mass is 16.5. The molecule has 1 unspecified atom stereocenters. The lowest BCUT2D eigenvalue weighted by Gasteiger charge is -2.28. The molecular weight excluding hydrogens is 236 g/mol. The topological polar surface area (TPSA) is 29.5 Å². The largest absolute Gasteiger partial charge is 0.496 e. The number of rotatable bonds is 3. The van der Waals surface area contributed by atoms with E-state index in [4.69, 9.17) is 4.74 Å². The molecule has 19 heavy (non-hydrogen) atoms. The fourth-order valence-corrected chi connectivity index (χ4v) is 2.47.